The number of carbonyl (C=O) groups is 1. The molecule has 0 aliphatic carbocycles. The second-order valence-electron chi connectivity index (χ2n) is 5.27. The Hall–Kier alpha value is -1.14. The summed E-state index contributed by atoms with van der Waals surface area (Å²) < 4.78 is 26.5. The van der Waals surface area contributed by atoms with Gasteiger partial charge in [-0.15, -0.1) is 0 Å². The molecule has 1 amide bonds. The summed E-state index contributed by atoms with van der Waals surface area (Å²) in [6.07, 6.45) is 2.67. The molecule has 1 aromatic rings. The van der Waals surface area contributed by atoms with Gasteiger partial charge in [-0.3, -0.25) is 4.79 Å². The van der Waals surface area contributed by atoms with E-state index in [1.54, 1.807) is 6.07 Å². The van der Waals surface area contributed by atoms with Crippen molar-refractivity contribution in [2.45, 2.75) is 30.6 Å². The standard InChI is InChI=1S/C15H20F2N2OS/c1-9(21-2)15(20)19-14-8-18-6-5-11(14)10-3-4-12(16)13(17)7-10/h3-4,7,9,11,14,18H,5-6,8H2,1-2H3,(H,19,20). The van der Waals surface area contributed by atoms with Crippen molar-refractivity contribution in [3.63, 3.8) is 0 Å². The first-order chi connectivity index (χ1) is 10.0. The van der Waals surface area contributed by atoms with Crippen LogP contribution in [0.25, 0.3) is 0 Å². The van der Waals surface area contributed by atoms with Crippen molar-refractivity contribution in [3.8, 4) is 0 Å². The predicted octanol–water partition coefficient (Wildman–Crippen LogP) is 2.28. The lowest BCUT2D eigenvalue weighted by molar-refractivity contribution is -0.121. The molecular weight excluding hydrogens is 294 g/mol. The van der Waals surface area contributed by atoms with Crippen LogP contribution in [0.1, 0.15) is 24.8 Å². The highest BCUT2D eigenvalue weighted by molar-refractivity contribution is 7.99. The molecule has 3 nitrogen and oxygen atoms in total. The maximum absolute atomic E-state index is 13.4. The second kappa shape index (κ2) is 7.22. The van der Waals surface area contributed by atoms with Crippen molar-refractivity contribution < 1.29 is 13.6 Å². The molecule has 6 heteroatoms. The molecule has 2 N–H and O–H groups in total. The van der Waals surface area contributed by atoms with Gasteiger partial charge in [0.15, 0.2) is 11.6 Å². The van der Waals surface area contributed by atoms with E-state index in [9.17, 15) is 13.6 Å². The molecular formula is C15H20F2N2OS. The fourth-order valence-corrected chi connectivity index (χ4v) is 2.84. The minimum Gasteiger partial charge on any atom is -0.351 e. The first-order valence-corrected chi connectivity index (χ1v) is 8.30. The van der Waals surface area contributed by atoms with E-state index < -0.39 is 11.6 Å². The third-order valence-electron chi connectivity index (χ3n) is 3.90. The van der Waals surface area contributed by atoms with Crippen LogP contribution in [0.2, 0.25) is 0 Å². The summed E-state index contributed by atoms with van der Waals surface area (Å²) in [5, 5.41) is 6.12. The average Bonchev–Trinajstić information content (AvgIpc) is 2.49. The van der Waals surface area contributed by atoms with E-state index in [4.69, 9.17) is 0 Å². The molecule has 1 aliphatic rings. The van der Waals surface area contributed by atoms with Crippen molar-refractivity contribution in [2.24, 2.45) is 0 Å². The molecule has 1 aromatic carbocycles. The van der Waals surface area contributed by atoms with E-state index in [1.165, 1.54) is 17.8 Å². The Kier molecular flexibility index (Phi) is 5.58. The maximum atomic E-state index is 13.4. The Morgan fingerprint density at radius 2 is 2.19 bits per heavy atom. The van der Waals surface area contributed by atoms with Crippen molar-refractivity contribution in [2.75, 3.05) is 19.3 Å². The first-order valence-electron chi connectivity index (χ1n) is 7.01. The van der Waals surface area contributed by atoms with Gasteiger partial charge in [-0.05, 0) is 43.8 Å². The number of piperidine rings is 1. The molecule has 3 unspecified atom stereocenters. The lowest BCUT2D eigenvalue weighted by Gasteiger charge is -2.33. The molecule has 1 aliphatic heterocycles. The lowest BCUT2D eigenvalue weighted by Crippen LogP contribution is -2.51. The van der Waals surface area contributed by atoms with E-state index in [1.807, 2.05) is 13.2 Å². The summed E-state index contributed by atoms with van der Waals surface area (Å²) in [5.41, 5.74) is 0.734. The van der Waals surface area contributed by atoms with Gasteiger partial charge in [0.05, 0.1) is 5.25 Å². The van der Waals surface area contributed by atoms with Crippen LogP contribution in [0.15, 0.2) is 18.2 Å². The third-order valence-corrected chi connectivity index (χ3v) is 4.83. The van der Waals surface area contributed by atoms with Gasteiger partial charge >= 0.3 is 0 Å². The Morgan fingerprint density at radius 1 is 1.43 bits per heavy atom. The number of hydrogen-bond acceptors (Lipinski definition) is 3. The Balaban J connectivity index is 2.14. The maximum Gasteiger partial charge on any atom is 0.233 e. The minimum atomic E-state index is -0.843. The highest BCUT2D eigenvalue weighted by Crippen LogP contribution is 2.27. The zero-order chi connectivity index (χ0) is 15.4. The van der Waals surface area contributed by atoms with Crippen molar-refractivity contribution >= 4 is 17.7 Å². The van der Waals surface area contributed by atoms with Crippen LogP contribution in [-0.4, -0.2) is 36.5 Å². The monoisotopic (exact) mass is 314 g/mol. The van der Waals surface area contributed by atoms with Crippen molar-refractivity contribution in [1.82, 2.24) is 10.6 Å². The van der Waals surface area contributed by atoms with Crippen LogP contribution in [0.4, 0.5) is 8.78 Å². The van der Waals surface area contributed by atoms with Gasteiger partial charge in [0.25, 0.3) is 0 Å². The van der Waals surface area contributed by atoms with Crippen LogP contribution >= 0.6 is 11.8 Å². The largest absolute Gasteiger partial charge is 0.351 e. The van der Waals surface area contributed by atoms with Crippen LogP contribution in [0, 0.1) is 11.6 Å². The van der Waals surface area contributed by atoms with Gasteiger partial charge in [-0.1, -0.05) is 6.07 Å². The van der Waals surface area contributed by atoms with Crippen LogP contribution in [0.5, 0.6) is 0 Å². The number of thioether (sulfide) groups is 1. The summed E-state index contributed by atoms with van der Waals surface area (Å²) in [5.74, 6) is -1.71. The number of carbonyl (C=O) groups excluding carboxylic acids is 1. The number of halogens is 2. The number of hydrogen-bond donors (Lipinski definition) is 2. The SMILES string of the molecule is CSC(C)C(=O)NC1CNCCC1c1ccc(F)c(F)c1. The van der Waals surface area contributed by atoms with Gasteiger partial charge in [-0.2, -0.15) is 11.8 Å². The summed E-state index contributed by atoms with van der Waals surface area (Å²) in [4.78, 5) is 12.0. The predicted molar refractivity (Wildman–Crippen MR) is 81.5 cm³/mol. The highest BCUT2D eigenvalue weighted by Gasteiger charge is 2.29. The summed E-state index contributed by atoms with van der Waals surface area (Å²) in [6, 6.07) is 3.88. The molecule has 0 radical (unpaired) electrons. The molecule has 0 bridgehead atoms. The van der Waals surface area contributed by atoms with Gasteiger partial charge in [0.1, 0.15) is 0 Å². The van der Waals surface area contributed by atoms with Crippen molar-refractivity contribution in [3.05, 3.63) is 35.4 Å². The molecule has 3 atom stereocenters. The molecule has 0 aromatic heterocycles. The zero-order valence-corrected chi connectivity index (χ0v) is 13.0. The number of nitrogens with one attached hydrogen (secondary N) is 2. The van der Waals surface area contributed by atoms with Gasteiger partial charge < -0.3 is 10.6 Å². The first kappa shape index (κ1) is 16.2. The quantitative estimate of drug-likeness (QED) is 0.896. The summed E-state index contributed by atoms with van der Waals surface area (Å²) >= 11 is 1.48. The Bertz CT molecular complexity index is 512. The molecule has 1 heterocycles. The Labute approximate surface area is 127 Å². The normalized spacial score (nSPS) is 23.6. The van der Waals surface area contributed by atoms with Gasteiger partial charge in [0.2, 0.25) is 5.91 Å². The van der Waals surface area contributed by atoms with Gasteiger partial charge in [-0.25, -0.2) is 8.78 Å². The molecule has 0 spiro atoms. The van der Waals surface area contributed by atoms with Crippen LogP contribution < -0.4 is 10.6 Å². The van der Waals surface area contributed by atoms with E-state index in [0.29, 0.717) is 6.54 Å². The van der Waals surface area contributed by atoms with E-state index in [0.717, 1.165) is 24.6 Å². The summed E-state index contributed by atoms with van der Waals surface area (Å²) in [6.45, 7) is 3.29. The minimum absolute atomic E-state index is 0.000596. The molecule has 0 saturated carbocycles. The molecule has 21 heavy (non-hydrogen) atoms. The third kappa shape index (κ3) is 3.95. The fourth-order valence-electron chi connectivity index (χ4n) is 2.56. The van der Waals surface area contributed by atoms with Crippen LogP contribution in [0.3, 0.4) is 0 Å². The topological polar surface area (TPSA) is 41.1 Å². The number of benzene rings is 1. The van der Waals surface area contributed by atoms with Crippen LogP contribution in [-0.2, 0) is 4.79 Å². The zero-order valence-electron chi connectivity index (χ0n) is 12.2. The van der Waals surface area contributed by atoms with Gasteiger partial charge in [0, 0.05) is 18.5 Å². The molecule has 1 saturated heterocycles. The smallest absolute Gasteiger partial charge is 0.233 e. The fraction of sp³-hybridized carbons (Fsp3) is 0.533. The number of amides is 1. The molecule has 1 fully saturated rings. The van der Waals surface area contributed by atoms with E-state index in [-0.39, 0.29) is 23.1 Å². The van der Waals surface area contributed by atoms with Crippen molar-refractivity contribution in [1.29, 1.82) is 0 Å². The molecule has 2 rings (SSSR count). The second-order valence-corrected chi connectivity index (χ2v) is 6.44. The summed E-state index contributed by atoms with van der Waals surface area (Å²) in [7, 11) is 0. The highest BCUT2D eigenvalue weighted by atomic mass is 32.2. The Morgan fingerprint density at radius 3 is 2.86 bits per heavy atom. The van der Waals surface area contributed by atoms with E-state index in [2.05, 4.69) is 10.6 Å². The average molecular weight is 314 g/mol. The molecule has 116 valence electrons. The lowest BCUT2D eigenvalue weighted by atomic mass is 9.86. The van der Waals surface area contributed by atoms with E-state index >= 15 is 0 Å². The number of rotatable bonds is 4.